The van der Waals surface area contributed by atoms with Crippen LogP contribution in [-0.2, 0) is 6.54 Å². The molecule has 0 amide bonds. The summed E-state index contributed by atoms with van der Waals surface area (Å²) >= 11 is 0. The standard InChI is InChI=1S/C14H16F3N5O/c1-9-3-5-10(6-4-9)7-19-12-20-11(18-2)21-13(22-12)23-8-14(15,16)17/h3-6H,7-8H2,1-2H3,(H2,18,19,20,21,22). The number of ether oxygens (including phenoxy) is 1. The predicted octanol–water partition coefficient (Wildman–Crippen LogP) is 2.77. The van der Waals surface area contributed by atoms with Crippen LogP contribution in [0.1, 0.15) is 11.1 Å². The van der Waals surface area contributed by atoms with Crippen LogP contribution in [0, 0.1) is 6.92 Å². The van der Waals surface area contributed by atoms with Crippen molar-refractivity contribution in [3.8, 4) is 6.01 Å². The van der Waals surface area contributed by atoms with Crippen molar-refractivity contribution in [2.75, 3.05) is 24.3 Å². The Morgan fingerprint density at radius 1 is 1.04 bits per heavy atom. The molecule has 2 N–H and O–H groups in total. The lowest BCUT2D eigenvalue weighted by molar-refractivity contribution is -0.154. The van der Waals surface area contributed by atoms with Gasteiger partial charge in [0.15, 0.2) is 6.61 Å². The number of rotatable bonds is 6. The second-order valence-corrected chi connectivity index (χ2v) is 4.76. The maximum absolute atomic E-state index is 12.2. The fourth-order valence-corrected chi connectivity index (χ4v) is 1.65. The van der Waals surface area contributed by atoms with Gasteiger partial charge in [0, 0.05) is 13.6 Å². The van der Waals surface area contributed by atoms with Crippen molar-refractivity contribution in [2.24, 2.45) is 0 Å². The molecule has 9 heteroatoms. The quantitative estimate of drug-likeness (QED) is 0.850. The molecule has 0 unspecified atom stereocenters. The normalized spacial score (nSPS) is 11.2. The van der Waals surface area contributed by atoms with Crippen molar-refractivity contribution in [3.05, 3.63) is 35.4 Å². The zero-order chi connectivity index (χ0) is 16.9. The van der Waals surface area contributed by atoms with Gasteiger partial charge < -0.3 is 15.4 Å². The van der Waals surface area contributed by atoms with Gasteiger partial charge in [-0.15, -0.1) is 0 Å². The molecular weight excluding hydrogens is 311 g/mol. The van der Waals surface area contributed by atoms with Crippen LogP contribution in [0.5, 0.6) is 6.01 Å². The summed E-state index contributed by atoms with van der Waals surface area (Å²) in [5.41, 5.74) is 2.12. The van der Waals surface area contributed by atoms with Gasteiger partial charge >= 0.3 is 12.2 Å². The molecule has 1 heterocycles. The van der Waals surface area contributed by atoms with E-state index >= 15 is 0 Å². The Kier molecular flexibility index (Phi) is 5.20. The van der Waals surface area contributed by atoms with Gasteiger partial charge in [0.1, 0.15) is 0 Å². The minimum absolute atomic E-state index is 0.114. The number of hydrogen-bond donors (Lipinski definition) is 2. The molecule has 0 spiro atoms. The zero-order valence-corrected chi connectivity index (χ0v) is 12.6. The molecule has 6 nitrogen and oxygen atoms in total. The smallest absolute Gasteiger partial charge is 0.422 e. The summed E-state index contributed by atoms with van der Waals surface area (Å²) in [4.78, 5) is 11.6. The number of nitrogens with zero attached hydrogens (tertiary/aromatic N) is 3. The highest BCUT2D eigenvalue weighted by molar-refractivity contribution is 5.36. The topological polar surface area (TPSA) is 72.0 Å². The van der Waals surface area contributed by atoms with E-state index in [1.54, 1.807) is 7.05 Å². The lowest BCUT2D eigenvalue weighted by atomic mass is 10.1. The van der Waals surface area contributed by atoms with Gasteiger partial charge in [0.05, 0.1) is 0 Å². The lowest BCUT2D eigenvalue weighted by Crippen LogP contribution is -2.20. The molecular formula is C14H16F3N5O. The Bertz CT molecular complexity index is 646. The summed E-state index contributed by atoms with van der Waals surface area (Å²) in [6.07, 6.45) is -4.46. The Balaban J connectivity index is 2.06. The minimum Gasteiger partial charge on any atom is -0.454 e. The fraction of sp³-hybridized carbons (Fsp3) is 0.357. The third kappa shape index (κ3) is 5.61. The molecule has 0 aliphatic carbocycles. The van der Waals surface area contributed by atoms with Crippen molar-refractivity contribution in [1.82, 2.24) is 15.0 Å². The van der Waals surface area contributed by atoms with Crippen LogP contribution in [0.4, 0.5) is 25.1 Å². The van der Waals surface area contributed by atoms with Crippen molar-refractivity contribution in [1.29, 1.82) is 0 Å². The SMILES string of the molecule is CNc1nc(NCc2ccc(C)cc2)nc(OCC(F)(F)F)n1. The molecule has 0 atom stereocenters. The predicted molar refractivity (Wildman–Crippen MR) is 79.4 cm³/mol. The number of benzene rings is 1. The van der Waals surface area contributed by atoms with Crippen LogP contribution in [0.2, 0.25) is 0 Å². The first-order chi connectivity index (χ1) is 10.9. The first-order valence-corrected chi connectivity index (χ1v) is 6.78. The maximum Gasteiger partial charge on any atom is 0.422 e. The van der Waals surface area contributed by atoms with Crippen molar-refractivity contribution >= 4 is 11.9 Å². The van der Waals surface area contributed by atoms with Crippen LogP contribution in [0.25, 0.3) is 0 Å². The van der Waals surface area contributed by atoms with Crippen molar-refractivity contribution < 1.29 is 17.9 Å². The average molecular weight is 327 g/mol. The highest BCUT2D eigenvalue weighted by Crippen LogP contribution is 2.18. The number of aromatic nitrogens is 3. The van der Waals surface area contributed by atoms with Gasteiger partial charge in [-0.2, -0.15) is 28.1 Å². The summed E-state index contributed by atoms with van der Waals surface area (Å²) < 4.78 is 41.2. The Morgan fingerprint density at radius 2 is 1.70 bits per heavy atom. The average Bonchev–Trinajstić information content (AvgIpc) is 2.51. The Morgan fingerprint density at radius 3 is 2.30 bits per heavy atom. The lowest BCUT2D eigenvalue weighted by Gasteiger charge is -2.11. The molecule has 0 radical (unpaired) electrons. The van der Waals surface area contributed by atoms with Crippen LogP contribution >= 0.6 is 0 Å². The number of hydrogen-bond acceptors (Lipinski definition) is 6. The second-order valence-electron chi connectivity index (χ2n) is 4.76. The monoisotopic (exact) mass is 327 g/mol. The Labute approximate surface area is 131 Å². The molecule has 0 saturated heterocycles. The highest BCUT2D eigenvalue weighted by atomic mass is 19.4. The molecule has 2 aromatic rings. The van der Waals surface area contributed by atoms with E-state index in [1.165, 1.54) is 0 Å². The number of halogens is 3. The Hall–Kier alpha value is -2.58. The van der Waals surface area contributed by atoms with Crippen LogP contribution in [-0.4, -0.2) is 34.8 Å². The molecule has 0 fully saturated rings. The third-order valence-corrected chi connectivity index (χ3v) is 2.77. The van der Waals surface area contributed by atoms with Gasteiger partial charge in [-0.25, -0.2) is 0 Å². The van der Waals surface area contributed by atoms with E-state index in [2.05, 4.69) is 30.3 Å². The minimum atomic E-state index is -4.46. The molecule has 0 aliphatic rings. The molecule has 124 valence electrons. The summed E-state index contributed by atoms with van der Waals surface area (Å²) in [6, 6.07) is 7.39. The molecule has 2 rings (SSSR count). The largest absolute Gasteiger partial charge is 0.454 e. The molecule has 1 aromatic carbocycles. The number of alkyl halides is 3. The van der Waals surface area contributed by atoms with Crippen LogP contribution in [0.15, 0.2) is 24.3 Å². The van der Waals surface area contributed by atoms with Gasteiger partial charge in [-0.3, -0.25) is 0 Å². The van der Waals surface area contributed by atoms with Crippen molar-refractivity contribution in [2.45, 2.75) is 19.6 Å². The zero-order valence-electron chi connectivity index (χ0n) is 12.6. The number of anilines is 2. The highest BCUT2D eigenvalue weighted by Gasteiger charge is 2.29. The van der Waals surface area contributed by atoms with E-state index in [9.17, 15) is 13.2 Å². The summed E-state index contributed by atoms with van der Waals surface area (Å²) in [6.45, 7) is 0.941. The molecule has 23 heavy (non-hydrogen) atoms. The molecule has 1 aromatic heterocycles. The van der Waals surface area contributed by atoms with E-state index in [4.69, 9.17) is 0 Å². The van der Waals surface area contributed by atoms with Gasteiger partial charge in [0.2, 0.25) is 11.9 Å². The van der Waals surface area contributed by atoms with Crippen LogP contribution in [0.3, 0.4) is 0 Å². The molecule has 0 bridgehead atoms. The second kappa shape index (κ2) is 7.12. The van der Waals surface area contributed by atoms with E-state index < -0.39 is 18.8 Å². The van der Waals surface area contributed by atoms with Gasteiger partial charge in [0.25, 0.3) is 0 Å². The maximum atomic E-state index is 12.2. The third-order valence-electron chi connectivity index (χ3n) is 2.77. The van der Waals surface area contributed by atoms with Gasteiger partial charge in [-0.1, -0.05) is 29.8 Å². The number of aryl methyl sites for hydroxylation is 1. The first kappa shape index (κ1) is 16.8. The van der Waals surface area contributed by atoms with Gasteiger partial charge in [-0.05, 0) is 12.5 Å². The fourth-order valence-electron chi connectivity index (χ4n) is 1.65. The number of nitrogens with one attached hydrogen (secondary N) is 2. The summed E-state index contributed by atoms with van der Waals surface area (Å²) in [5.74, 6) is 0.241. The van der Waals surface area contributed by atoms with E-state index in [0.29, 0.717) is 6.54 Å². The molecule has 0 saturated carbocycles. The summed E-state index contributed by atoms with van der Waals surface area (Å²) in [5, 5.41) is 5.58. The van der Waals surface area contributed by atoms with Crippen LogP contribution < -0.4 is 15.4 Å². The van der Waals surface area contributed by atoms with E-state index in [1.807, 2.05) is 31.2 Å². The van der Waals surface area contributed by atoms with E-state index in [-0.39, 0.29) is 11.9 Å². The summed E-state index contributed by atoms with van der Waals surface area (Å²) in [7, 11) is 1.55. The van der Waals surface area contributed by atoms with E-state index in [0.717, 1.165) is 11.1 Å². The van der Waals surface area contributed by atoms with Crippen molar-refractivity contribution in [3.63, 3.8) is 0 Å². The first-order valence-electron chi connectivity index (χ1n) is 6.78. The molecule has 0 aliphatic heterocycles.